The van der Waals surface area contributed by atoms with Crippen LogP contribution in [0.2, 0.25) is 0 Å². The number of aromatic nitrogens is 2. The molecule has 1 atom stereocenters. The molecule has 3 aromatic rings. The molecule has 2 aromatic carbocycles. The number of alkyl halides is 3. The minimum atomic E-state index is -4.76. The van der Waals surface area contributed by atoms with Crippen LogP contribution < -0.4 is 5.73 Å². The Kier molecular flexibility index (Phi) is 9.42. The third-order valence-electron chi connectivity index (χ3n) is 5.72. The highest BCUT2D eigenvalue weighted by molar-refractivity contribution is 7.45. The van der Waals surface area contributed by atoms with Crippen LogP contribution in [0.4, 0.5) is 30.7 Å². The van der Waals surface area contributed by atoms with E-state index in [4.69, 9.17) is 25.0 Å². The van der Waals surface area contributed by atoms with Crippen LogP contribution in [0.3, 0.4) is 0 Å². The number of carbonyl (C=O) groups is 1. The third kappa shape index (κ3) is 8.11. The summed E-state index contributed by atoms with van der Waals surface area (Å²) in [4.78, 5) is 39.4. The number of hydrogen-bond donors (Lipinski definition) is 4. The predicted octanol–water partition coefficient (Wildman–Crippen LogP) is 3.50. The standard InChI is InChI=1S/C23H19F7N4O.H3O4P/c24-14-3-1-2-12(6-14)21-19-11-33(4-5-34(19)22(32-21)23(28,29)30)20(35)9-15(31)7-13-8-17(26)18(27)10-16(13)25;1-5(2,3)4/h1-3,6,8,10,15H,4-5,7,9,11,31H2;(H3,1,2,3,4)/t15-;/m1./s1. The molecule has 0 bridgehead atoms. The minimum Gasteiger partial charge on any atom is -0.335 e. The summed E-state index contributed by atoms with van der Waals surface area (Å²) in [7, 11) is -4.64. The van der Waals surface area contributed by atoms with Gasteiger partial charge in [0.2, 0.25) is 11.7 Å². The Bertz CT molecular complexity index is 1440. The largest absolute Gasteiger partial charge is 0.466 e. The predicted molar refractivity (Wildman–Crippen MR) is 125 cm³/mol. The number of rotatable bonds is 5. The van der Waals surface area contributed by atoms with Gasteiger partial charge < -0.3 is 29.9 Å². The van der Waals surface area contributed by atoms with Crippen molar-refractivity contribution in [2.24, 2.45) is 5.73 Å². The summed E-state index contributed by atoms with van der Waals surface area (Å²) >= 11 is 0. The second-order valence-electron chi connectivity index (χ2n) is 8.75. The van der Waals surface area contributed by atoms with E-state index in [-0.39, 0.29) is 55.0 Å². The van der Waals surface area contributed by atoms with Crippen molar-refractivity contribution >= 4 is 13.7 Å². The maximum Gasteiger partial charge on any atom is 0.466 e. The number of halogens is 7. The maximum atomic E-state index is 13.9. The van der Waals surface area contributed by atoms with Crippen molar-refractivity contribution in [3.63, 3.8) is 0 Å². The molecule has 1 amide bonds. The van der Waals surface area contributed by atoms with Gasteiger partial charge in [0, 0.05) is 37.2 Å². The molecule has 0 unspecified atom stereocenters. The number of nitrogens with two attached hydrogens (primary N) is 1. The molecule has 0 spiro atoms. The first-order valence-electron chi connectivity index (χ1n) is 11.3. The average molecular weight is 598 g/mol. The van der Waals surface area contributed by atoms with Crippen LogP contribution in [0, 0.1) is 23.3 Å². The van der Waals surface area contributed by atoms with Gasteiger partial charge in [-0.15, -0.1) is 0 Å². The number of fused-ring (bicyclic) bond motifs is 1. The molecule has 0 aliphatic carbocycles. The molecule has 40 heavy (non-hydrogen) atoms. The Morgan fingerprint density at radius 2 is 1.65 bits per heavy atom. The summed E-state index contributed by atoms with van der Waals surface area (Å²) in [6, 6.07) is 5.04. The van der Waals surface area contributed by atoms with E-state index in [0.29, 0.717) is 12.1 Å². The van der Waals surface area contributed by atoms with E-state index in [0.717, 1.165) is 16.7 Å². The fraction of sp³-hybridized carbons (Fsp3) is 0.304. The van der Waals surface area contributed by atoms with Crippen LogP contribution in [0.1, 0.15) is 23.5 Å². The molecule has 1 aromatic heterocycles. The number of benzene rings is 2. The highest BCUT2D eigenvalue weighted by Crippen LogP contribution is 2.36. The van der Waals surface area contributed by atoms with E-state index in [2.05, 4.69) is 4.98 Å². The molecule has 1 aliphatic rings. The molecular formula is C23H22F7N4O5P. The highest BCUT2D eigenvalue weighted by Gasteiger charge is 2.41. The van der Waals surface area contributed by atoms with Gasteiger partial charge in [0.15, 0.2) is 11.6 Å². The summed E-state index contributed by atoms with van der Waals surface area (Å²) in [5.74, 6) is -5.94. The van der Waals surface area contributed by atoms with Crippen LogP contribution in [-0.4, -0.2) is 47.6 Å². The van der Waals surface area contributed by atoms with E-state index in [1.54, 1.807) is 0 Å². The molecular weight excluding hydrogens is 576 g/mol. The molecule has 5 N–H and O–H groups in total. The molecule has 1 aliphatic heterocycles. The maximum absolute atomic E-state index is 13.9. The van der Waals surface area contributed by atoms with Gasteiger partial charge >= 0.3 is 14.0 Å². The lowest BCUT2D eigenvalue weighted by atomic mass is 10.0. The normalized spacial score (nSPS) is 14.3. The monoisotopic (exact) mass is 598 g/mol. The molecule has 0 fully saturated rings. The Labute approximate surface area is 221 Å². The first-order valence-corrected chi connectivity index (χ1v) is 12.9. The Morgan fingerprint density at radius 1 is 1.02 bits per heavy atom. The molecule has 0 radical (unpaired) electrons. The number of nitrogens with zero attached hydrogens (tertiary/aromatic N) is 3. The fourth-order valence-electron chi connectivity index (χ4n) is 4.09. The lowest BCUT2D eigenvalue weighted by Crippen LogP contribution is -2.42. The molecule has 4 rings (SSSR count). The lowest BCUT2D eigenvalue weighted by molar-refractivity contribution is -0.148. The molecule has 0 saturated heterocycles. The molecule has 2 heterocycles. The van der Waals surface area contributed by atoms with E-state index in [9.17, 15) is 35.5 Å². The molecule has 9 nitrogen and oxygen atoms in total. The van der Waals surface area contributed by atoms with Gasteiger partial charge in [-0.3, -0.25) is 4.79 Å². The second-order valence-corrected chi connectivity index (χ2v) is 9.77. The van der Waals surface area contributed by atoms with E-state index < -0.39 is 55.0 Å². The van der Waals surface area contributed by atoms with Gasteiger partial charge in [0.1, 0.15) is 11.6 Å². The minimum absolute atomic E-state index is 0.0693. The molecule has 0 saturated carbocycles. The van der Waals surface area contributed by atoms with Gasteiger partial charge in [0.25, 0.3) is 0 Å². The quantitative estimate of drug-likeness (QED) is 0.200. The highest BCUT2D eigenvalue weighted by atomic mass is 31.2. The number of imidazole rings is 1. The van der Waals surface area contributed by atoms with Gasteiger partial charge in [-0.2, -0.15) is 13.2 Å². The second kappa shape index (κ2) is 12.1. The zero-order valence-corrected chi connectivity index (χ0v) is 21.1. The Balaban J connectivity index is 0.000000810. The van der Waals surface area contributed by atoms with Crippen LogP contribution in [0.5, 0.6) is 0 Å². The summed E-state index contributed by atoms with van der Waals surface area (Å²) in [6.45, 7) is -0.509. The fourth-order valence-corrected chi connectivity index (χ4v) is 4.09. The topological polar surface area (TPSA) is 142 Å². The molecule has 17 heteroatoms. The zero-order valence-electron chi connectivity index (χ0n) is 20.2. The first kappa shape index (κ1) is 31.2. The SMILES string of the molecule is N[C@@H](CC(=O)N1CCn2c(C(F)(F)F)nc(-c3cccc(F)c3)c2C1)Cc1cc(F)c(F)cc1F.O=P(O)(O)O. The van der Waals surface area contributed by atoms with Gasteiger partial charge in [-0.25, -0.2) is 27.1 Å². The van der Waals surface area contributed by atoms with Crippen molar-refractivity contribution in [2.45, 2.75) is 38.1 Å². The summed E-state index contributed by atoms with van der Waals surface area (Å²) in [5, 5.41) is 0. The Morgan fingerprint density at radius 3 is 2.25 bits per heavy atom. The van der Waals surface area contributed by atoms with Crippen molar-refractivity contribution in [3.8, 4) is 11.3 Å². The van der Waals surface area contributed by atoms with E-state index in [1.165, 1.54) is 17.0 Å². The summed E-state index contributed by atoms with van der Waals surface area (Å²) < 4.78 is 105. The smallest absolute Gasteiger partial charge is 0.335 e. The third-order valence-corrected chi connectivity index (χ3v) is 5.72. The van der Waals surface area contributed by atoms with Crippen LogP contribution >= 0.6 is 7.82 Å². The zero-order chi connectivity index (χ0) is 30.0. The van der Waals surface area contributed by atoms with Crippen molar-refractivity contribution in [3.05, 3.63) is 76.7 Å². The summed E-state index contributed by atoms with van der Waals surface area (Å²) in [6.07, 6.45) is -5.33. The number of phosphoric acid groups is 1. The van der Waals surface area contributed by atoms with Gasteiger partial charge in [-0.05, 0) is 30.2 Å². The van der Waals surface area contributed by atoms with E-state index in [1.807, 2.05) is 0 Å². The van der Waals surface area contributed by atoms with Gasteiger partial charge in [0.05, 0.1) is 17.9 Å². The molecule has 218 valence electrons. The number of carbonyl (C=O) groups excluding carboxylic acids is 1. The van der Waals surface area contributed by atoms with Gasteiger partial charge in [-0.1, -0.05) is 12.1 Å². The van der Waals surface area contributed by atoms with Crippen molar-refractivity contribution < 1.29 is 54.8 Å². The Hall–Kier alpha value is -3.30. The van der Waals surface area contributed by atoms with Crippen molar-refractivity contribution in [1.29, 1.82) is 0 Å². The first-order chi connectivity index (χ1) is 18.4. The lowest BCUT2D eigenvalue weighted by Gasteiger charge is -2.30. The van der Waals surface area contributed by atoms with Crippen molar-refractivity contribution in [2.75, 3.05) is 6.54 Å². The van der Waals surface area contributed by atoms with E-state index >= 15 is 0 Å². The van der Waals surface area contributed by atoms with Crippen LogP contribution in [-0.2, 0) is 35.0 Å². The average Bonchev–Trinajstić information content (AvgIpc) is 3.21. The number of amides is 1. The number of hydrogen-bond acceptors (Lipinski definition) is 4. The van der Waals surface area contributed by atoms with Crippen LogP contribution in [0.25, 0.3) is 11.3 Å². The van der Waals surface area contributed by atoms with Crippen molar-refractivity contribution in [1.82, 2.24) is 14.5 Å². The van der Waals surface area contributed by atoms with Crippen LogP contribution in [0.15, 0.2) is 36.4 Å². The summed E-state index contributed by atoms with van der Waals surface area (Å²) in [5.41, 5.74) is 5.84.